The molecule has 0 radical (unpaired) electrons. The fraction of sp³-hybridized carbons (Fsp3) is 0.154. The van der Waals surface area contributed by atoms with E-state index >= 15 is 0 Å². The Balaban J connectivity index is 2.16. The van der Waals surface area contributed by atoms with Crippen LogP contribution in [0.3, 0.4) is 0 Å². The maximum atomic E-state index is 11.9. The third-order valence-electron chi connectivity index (χ3n) is 3.07. The smallest absolute Gasteiger partial charge is 0.245 e. The number of sulfonamides is 1. The van der Waals surface area contributed by atoms with Crippen molar-refractivity contribution in [2.24, 2.45) is 0 Å². The molecule has 6 heteroatoms. The van der Waals surface area contributed by atoms with Gasteiger partial charge in [0.15, 0.2) is 0 Å². The first-order chi connectivity index (χ1) is 9.08. The van der Waals surface area contributed by atoms with E-state index in [1.165, 1.54) is 6.20 Å². The Hall–Kier alpha value is -1.92. The molecule has 0 aliphatic carbocycles. The number of fused-ring (bicyclic) bond motifs is 1. The van der Waals surface area contributed by atoms with Crippen molar-refractivity contribution in [3.63, 3.8) is 0 Å². The van der Waals surface area contributed by atoms with Crippen molar-refractivity contribution in [2.75, 3.05) is 11.6 Å². The van der Waals surface area contributed by atoms with Gasteiger partial charge in [-0.3, -0.25) is 4.98 Å². The van der Waals surface area contributed by atoms with Crippen LogP contribution in [0.4, 0.5) is 11.4 Å². The predicted octanol–water partition coefficient (Wildman–Crippen LogP) is 1.78. The molecular formula is C13H13N3O2S. The SMILES string of the molecule is Cc1cccc(N2CNS(=O)(=O)c3cnccc32)c1. The van der Waals surface area contributed by atoms with E-state index in [-0.39, 0.29) is 11.6 Å². The zero-order valence-electron chi connectivity index (χ0n) is 10.4. The molecule has 0 fully saturated rings. The highest BCUT2D eigenvalue weighted by Crippen LogP contribution is 2.33. The van der Waals surface area contributed by atoms with E-state index < -0.39 is 10.0 Å². The molecule has 0 bridgehead atoms. The van der Waals surface area contributed by atoms with E-state index in [1.807, 2.05) is 36.1 Å². The molecule has 1 aromatic heterocycles. The molecular weight excluding hydrogens is 262 g/mol. The Morgan fingerprint density at radius 2 is 2.16 bits per heavy atom. The number of nitrogens with one attached hydrogen (secondary N) is 1. The molecule has 0 saturated heterocycles. The Labute approximate surface area is 112 Å². The normalized spacial score (nSPS) is 17.0. The van der Waals surface area contributed by atoms with Gasteiger partial charge in [-0.15, -0.1) is 0 Å². The lowest BCUT2D eigenvalue weighted by Crippen LogP contribution is -2.40. The summed E-state index contributed by atoms with van der Waals surface area (Å²) in [6, 6.07) is 9.65. The quantitative estimate of drug-likeness (QED) is 0.861. The molecule has 3 rings (SSSR count). The number of nitrogens with zero attached hydrogens (tertiary/aromatic N) is 2. The van der Waals surface area contributed by atoms with Crippen LogP contribution in [0.15, 0.2) is 47.6 Å². The molecule has 2 heterocycles. The summed E-state index contributed by atoms with van der Waals surface area (Å²) in [7, 11) is -3.45. The van der Waals surface area contributed by atoms with Crippen molar-refractivity contribution in [3.8, 4) is 0 Å². The minimum atomic E-state index is -3.45. The Kier molecular flexibility index (Phi) is 2.76. The van der Waals surface area contributed by atoms with Gasteiger partial charge in [0.1, 0.15) is 4.90 Å². The fourth-order valence-corrected chi connectivity index (χ4v) is 3.25. The van der Waals surface area contributed by atoms with Crippen molar-refractivity contribution in [1.29, 1.82) is 0 Å². The van der Waals surface area contributed by atoms with Crippen LogP contribution in [0.5, 0.6) is 0 Å². The molecule has 0 unspecified atom stereocenters. The summed E-state index contributed by atoms with van der Waals surface area (Å²) in [6.07, 6.45) is 2.97. The summed E-state index contributed by atoms with van der Waals surface area (Å²) in [5.41, 5.74) is 2.73. The molecule has 5 nitrogen and oxygen atoms in total. The molecule has 1 aliphatic rings. The number of aromatic nitrogens is 1. The van der Waals surface area contributed by atoms with Gasteiger partial charge >= 0.3 is 0 Å². The van der Waals surface area contributed by atoms with Crippen molar-refractivity contribution in [1.82, 2.24) is 9.71 Å². The second-order valence-corrected chi connectivity index (χ2v) is 6.15. The highest BCUT2D eigenvalue weighted by Gasteiger charge is 2.28. The average molecular weight is 275 g/mol. The standard InChI is InChI=1S/C13H13N3O2S/c1-10-3-2-4-11(7-10)16-9-15-19(17,18)13-8-14-6-5-12(13)16/h2-8,15H,9H2,1H3. The van der Waals surface area contributed by atoms with Crippen LogP contribution in [0.25, 0.3) is 0 Å². The van der Waals surface area contributed by atoms with Gasteiger partial charge in [-0.1, -0.05) is 12.1 Å². The van der Waals surface area contributed by atoms with E-state index in [0.717, 1.165) is 11.3 Å². The van der Waals surface area contributed by atoms with E-state index in [1.54, 1.807) is 12.3 Å². The zero-order valence-corrected chi connectivity index (χ0v) is 11.2. The summed E-state index contributed by atoms with van der Waals surface area (Å²) in [6.45, 7) is 2.23. The van der Waals surface area contributed by atoms with Gasteiger partial charge in [-0.05, 0) is 30.7 Å². The maximum absolute atomic E-state index is 11.9. The van der Waals surface area contributed by atoms with Crippen LogP contribution < -0.4 is 9.62 Å². The molecule has 1 N–H and O–H groups in total. The molecule has 98 valence electrons. The first kappa shape index (κ1) is 12.1. The number of anilines is 2. The van der Waals surface area contributed by atoms with E-state index in [9.17, 15) is 8.42 Å². The first-order valence-corrected chi connectivity index (χ1v) is 7.34. The van der Waals surface area contributed by atoms with Crippen LogP contribution in [0, 0.1) is 6.92 Å². The number of aryl methyl sites for hydroxylation is 1. The van der Waals surface area contributed by atoms with E-state index in [4.69, 9.17) is 0 Å². The van der Waals surface area contributed by atoms with Gasteiger partial charge in [0, 0.05) is 18.1 Å². The summed E-state index contributed by atoms with van der Waals surface area (Å²) in [5.74, 6) is 0. The van der Waals surface area contributed by atoms with Crippen LogP contribution >= 0.6 is 0 Å². The number of hydrogen-bond acceptors (Lipinski definition) is 4. The number of rotatable bonds is 1. The maximum Gasteiger partial charge on any atom is 0.245 e. The van der Waals surface area contributed by atoms with Gasteiger partial charge in [0.2, 0.25) is 10.0 Å². The van der Waals surface area contributed by atoms with E-state index in [2.05, 4.69) is 9.71 Å². The third kappa shape index (κ3) is 2.09. The van der Waals surface area contributed by atoms with Crippen molar-refractivity contribution in [2.45, 2.75) is 11.8 Å². The predicted molar refractivity (Wildman–Crippen MR) is 72.7 cm³/mol. The summed E-state index contributed by atoms with van der Waals surface area (Å²) in [5, 5.41) is 0. The topological polar surface area (TPSA) is 62.3 Å². The minimum absolute atomic E-state index is 0.211. The summed E-state index contributed by atoms with van der Waals surface area (Å²) in [4.78, 5) is 6.03. The van der Waals surface area contributed by atoms with Crippen molar-refractivity contribution >= 4 is 21.4 Å². The zero-order chi connectivity index (χ0) is 13.5. The average Bonchev–Trinajstić information content (AvgIpc) is 2.39. The van der Waals surface area contributed by atoms with Crippen molar-refractivity contribution < 1.29 is 8.42 Å². The molecule has 0 amide bonds. The van der Waals surface area contributed by atoms with Crippen LogP contribution in [0.2, 0.25) is 0 Å². The molecule has 1 aromatic carbocycles. The first-order valence-electron chi connectivity index (χ1n) is 5.86. The largest absolute Gasteiger partial charge is 0.326 e. The molecule has 0 atom stereocenters. The third-order valence-corrected chi connectivity index (χ3v) is 4.47. The van der Waals surface area contributed by atoms with Gasteiger partial charge < -0.3 is 4.90 Å². The minimum Gasteiger partial charge on any atom is -0.326 e. The molecule has 0 spiro atoms. The van der Waals surface area contributed by atoms with Crippen LogP contribution in [0.1, 0.15) is 5.56 Å². The number of hydrogen-bond donors (Lipinski definition) is 1. The summed E-state index contributed by atoms with van der Waals surface area (Å²) < 4.78 is 26.4. The highest BCUT2D eigenvalue weighted by atomic mass is 32.2. The van der Waals surface area contributed by atoms with E-state index in [0.29, 0.717) is 5.69 Å². The fourth-order valence-electron chi connectivity index (χ4n) is 2.14. The number of benzene rings is 1. The van der Waals surface area contributed by atoms with Gasteiger partial charge in [-0.25, -0.2) is 8.42 Å². The lowest BCUT2D eigenvalue weighted by molar-refractivity contribution is 0.576. The van der Waals surface area contributed by atoms with Gasteiger partial charge in [0.25, 0.3) is 0 Å². The molecule has 0 saturated carbocycles. The Morgan fingerprint density at radius 1 is 1.32 bits per heavy atom. The second-order valence-electron chi connectivity index (χ2n) is 4.42. The van der Waals surface area contributed by atoms with Gasteiger partial charge in [-0.2, -0.15) is 4.72 Å². The lowest BCUT2D eigenvalue weighted by Gasteiger charge is -2.31. The van der Waals surface area contributed by atoms with Gasteiger partial charge in [0.05, 0.1) is 12.4 Å². The van der Waals surface area contributed by atoms with Crippen LogP contribution in [-0.2, 0) is 10.0 Å². The lowest BCUT2D eigenvalue weighted by atomic mass is 10.2. The molecule has 2 aromatic rings. The molecule has 19 heavy (non-hydrogen) atoms. The molecule has 1 aliphatic heterocycles. The summed E-state index contributed by atoms with van der Waals surface area (Å²) >= 11 is 0. The number of pyridine rings is 1. The Morgan fingerprint density at radius 3 is 2.95 bits per heavy atom. The monoisotopic (exact) mass is 275 g/mol. The van der Waals surface area contributed by atoms with Crippen molar-refractivity contribution in [3.05, 3.63) is 48.3 Å². The highest BCUT2D eigenvalue weighted by molar-refractivity contribution is 7.89. The van der Waals surface area contributed by atoms with Crippen LogP contribution in [-0.4, -0.2) is 20.1 Å². The second kappa shape index (κ2) is 4.32. The Bertz CT molecular complexity index is 728.